The third-order valence-electron chi connectivity index (χ3n) is 4.59. The van der Waals surface area contributed by atoms with Crippen molar-refractivity contribution >= 4 is 5.97 Å². The molecule has 2 saturated heterocycles. The number of carboxylic acid groups (broad SMARTS) is 1. The van der Waals surface area contributed by atoms with Crippen LogP contribution in [0.4, 0.5) is 0 Å². The molecule has 0 aromatic rings. The molecule has 0 aromatic carbocycles. The minimum absolute atomic E-state index is 0.303. The fourth-order valence-electron chi connectivity index (χ4n) is 3.86. The summed E-state index contributed by atoms with van der Waals surface area (Å²) < 4.78 is 0. The Bertz CT molecular complexity index is 290. The fourth-order valence-corrected chi connectivity index (χ4v) is 3.86. The number of aliphatic carboxylic acids is 1. The first-order valence-corrected chi connectivity index (χ1v) is 6.16. The number of hydrogen-bond acceptors (Lipinski definition) is 3. The molecular formula is C12H21NO3. The van der Waals surface area contributed by atoms with E-state index in [-0.39, 0.29) is 5.54 Å². The van der Waals surface area contributed by atoms with E-state index in [0.717, 1.165) is 25.7 Å². The quantitative estimate of drug-likeness (QED) is 0.757. The highest BCUT2D eigenvalue weighted by atomic mass is 16.4. The van der Waals surface area contributed by atoms with Crippen LogP contribution >= 0.6 is 0 Å². The van der Waals surface area contributed by atoms with Gasteiger partial charge in [0.1, 0.15) is 5.92 Å². The van der Waals surface area contributed by atoms with Crippen LogP contribution in [0.15, 0.2) is 0 Å². The van der Waals surface area contributed by atoms with Crippen LogP contribution in [0, 0.1) is 5.92 Å². The highest BCUT2D eigenvalue weighted by molar-refractivity contribution is 5.73. The summed E-state index contributed by atoms with van der Waals surface area (Å²) in [5.41, 5.74) is -0.303. The van der Waals surface area contributed by atoms with Gasteiger partial charge in [-0.3, -0.25) is 9.69 Å². The summed E-state index contributed by atoms with van der Waals surface area (Å²) in [5.74, 6) is -1.45. The molecule has 16 heavy (non-hydrogen) atoms. The molecule has 2 bridgehead atoms. The molecule has 0 aromatic heterocycles. The second-order valence-corrected chi connectivity index (χ2v) is 5.28. The van der Waals surface area contributed by atoms with E-state index in [4.69, 9.17) is 0 Å². The molecule has 2 heterocycles. The Labute approximate surface area is 96.3 Å². The maximum atomic E-state index is 11.4. The number of aliphatic hydroxyl groups excluding tert-OH is 1. The molecule has 4 nitrogen and oxygen atoms in total. The van der Waals surface area contributed by atoms with Gasteiger partial charge in [-0.15, -0.1) is 0 Å². The normalized spacial score (nSPS) is 43.6. The monoisotopic (exact) mass is 227 g/mol. The Hall–Kier alpha value is -0.610. The number of nitrogens with zero attached hydrogens (tertiary/aromatic N) is 1. The molecular weight excluding hydrogens is 206 g/mol. The molecule has 0 aliphatic carbocycles. The van der Waals surface area contributed by atoms with Crippen molar-refractivity contribution in [3.05, 3.63) is 0 Å². The predicted molar refractivity (Wildman–Crippen MR) is 60.2 cm³/mol. The molecule has 92 valence electrons. The molecule has 2 N–H and O–H groups in total. The van der Waals surface area contributed by atoms with Crippen LogP contribution in [0.5, 0.6) is 0 Å². The summed E-state index contributed by atoms with van der Waals surface area (Å²) in [5, 5.41) is 19.4. The number of carboxylic acids is 1. The largest absolute Gasteiger partial charge is 0.481 e. The van der Waals surface area contributed by atoms with Gasteiger partial charge in [-0.1, -0.05) is 13.3 Å². The average molecular weight is 227 g/mol. The summed E-state index contributed by atoms with van der Waals surface area (Å²) in [4.78, 5) is 13.6. The maximum absolute atomic E-state index is 11.4. The number of piperidine rings is 1. The molecule has 2 aliphatic heterocycles. The van der Waals surface area contributed by atoms with E-state index in [2.05, 4.69) is 11.8 Å². The van der Waals surface area contributed by atoms with Crippen molar-refractivity contribution in [3.8, 4) is 0 Å². The number of aliphatic hydroxyl groups is 1. The second kappa shape index (κ2) is 4.00. The van der Waals surface area contributed by atoms with E-state index in [0.29, 0.717) is 12.5 Å². The molecule has 0 spiro atoms. The van der Waals surface area contributed by atoms with E-state index < -0.39 is 18.0 Å². The Morgan fingerprint density at radius 2 is 2.25 bits per heavy atom. The van der Waals surface area contributed by atoms with Crippen LogP contribution < -0.4 is 0 Å². The van der Waals surface area contributed by atoms with Crippen molar-refractivity contribution in [1.29, 1.82) is 0 Å². The SMILES string of the molecule is CCC[C@@]12CC[C@@H](C[C@H](O)[C@@H]1C(=O)O)N2C. The van der Waals surface area contributed by atoms with E-state index >= 15 is 0 Å². The second-order valence-electron chi connectivity index (χ2n) is 5.28. The van der Waals surface area contributed by atoms with Crippen molar-refractivity contribution in [2.24, 2.45) is 5.92 Å². The third kappa shape index (κ3) is 1.47. The molecule has 0 radical (unpaired) electrons. The van der Waals surface area contributed by atoms with Crippen molar-refractivity contribution in [1.82, 2.24) is 4.90 Å². The smallest absolute Gasteiger partial charge is 0.311 e. The minimum Gasteiger partial charge on any atom is -0.481 e. The van der Waals surface area contributed by atoms with Crippen LogP contribution in [-0.4, -0.2) is 45.8 Å². The van der Waals surface area contributed by atoms with Gasteiger partial charge < -0.3 is 10.2 Å². The highest BCUT2D eigenvalue weighted by Gasteiger charge is 2.58. The van der Waals surface area contributed by atoms with Crippen molar-refractivity contribution in [2.45, 2.75) is 56.7 Å². The summed E-state index contributed by atoms with van der Waals surface area (Å²) in [6.07, 6.45) is 3.71. The van der Waals surface area contributed by atoms with Gasteiger partial charge in [-0.25, -0.2) is 0 Å². The van der Waals surface area contributed by atoms with E-state index in [1.54, 1.807) is 0 Å². The summed E-state index contributed by atoms with van der Waals surface area (Å²) in [7, 11) is 2.02. The first-order chi connectivity index (χ1) is 7.53. The van der Waals surface area contributed by atoms with Gasteiger partial charge in [0, 0.05) is 11.6 Å². The van der Waals surface area contributed by atoms with E-state index in [9.17, 15) is 15.0 Å². The van der Waals surface area contributed by atoms with Gasteiger partial charge in [0.15, 0.2) is 0 Å². The van der Waals surface area contributed by atoms with Gasteiger partial charge >= 0.3 is 5.97 Å². The van der Waals surface area contributed by atoms with Crippen molar-refractivity contribution in [2.75, 3.05) is 7.05 Å². The zero-order valence-corrected chi connectivity index (χ0v) is 10.0. The predicted octanol–water partition coefficient (Wildman–Crippen LogP) is 1.08. The summed E-state index contributed by atoms with van der Waals surface area (Å²) in [6, 6.07) is 0.372. The molecule has 2 aliphatic rings. The molecule has 0 amide bonds. The van der Waals surface area contributed by atoms with Gasteiger partial charge in [0.25, 0.3) is 0 Å². The van der Waals surface area contributed by atoms with Gasteiger partial charge in [0.05, 0.1) is 6.10 Å². The lowest BCUT2D eigenvalue weighted by Crippen LogP contribution is -2.61. The van der Waals surface area contributed by atoms with E-state index in [1.165, 1.54) is 0 Å². The third-order valence-corrected chi connectivity index (χ3v) is 4.59. The Morgan fingerprint density at radius 1 is 1.56 bits per heavy atom. The zero-order chi connectivity index (χ0) is 11.9. The first kappa shape index (κ1) is 11.9. The topological polar surface area (TPSA) is 60.8 Å². The number of carbonyl (C=O) groups is 1. The summed E-state index contributed by atoms with van der Waals surface area (Å²) in [6.45, 7) is 2.08. The lowest BCUT2D eigenvalue weighted by molar-refractivity contribution is -0.160. The molecule has 2 fully saturated rings. The number of rotatable bonds is 3. The number of hydrogen-bond donors (Lipinski definition) is 2. The van der Waals surface area contributed by atoms with Crippen LogP contribution in [0.1, 0.15) is 39.0 Å². The Morgan fingerprint density at radius 3 is 2.81 bits per heavy atom. The van der Waals surface area contributed by atoms with Gasteiger partial charge in [0.2, 0.25) is 0 Å². The standard InChI is InChI=1S/C12H21NO3/c1-3-5-12-6-4-8(13(12)2)7-9(14)10(12)11(15)16/h8-10,14H,3-7H2,1-2H3,(H,15,16)/t8-,9-,10+,12+/m0/s1. The van der Waals surface area contributed by atoms with Crippen molar-refractivity contribution < 1.29 is 15.0 Å². The fraction of sp³-hybridized carbons (Fsp3) is 0.917. The van der Waals surface area contributed by atoms with E-state index in [1.807, 2.05) is 7.05 Å². The van der Waals surface area contributed by atoms with Crippen LogP contribution in [-0.2, 0) is 4.79 Å². The zero-order valence-electron chi connectivity index (χ0n) is 10.0. The first-order valence-electron chi connectivity index (χ1n) is 6.16. The lowest BCUT2D eigenvalue weighted by Gasteiger charge is -2.48. The van der Waals surface area contributed by atoms with Crippen LogP contribution in [0.3, 0.4) is 0 Å². The maximum Gasteiger partial charge on any atom is 0.311 e. The summed E-state index contributed by atoms with van der Waals surface area (Å²) >= 11 is 0. The molecule has 0 unspecified atom stereocenters. The Balaban J connectivity index is 2.36. The minimum atomic E-state index is -0.840. The molecule has 4 atom stereocenters. The van der Waals surface area contributed by atoms with Gasteiger partial charge in [-0.05, 0) is 32.7 Å². The van der Waals surface area contributed by atoms with Crippen LogP contribution in [0.2, 0.25) is 0 Å². The van der Waals surface area contributed by atoms with Gasteiger partial charge in [-0.2, -0.15) is 0 Å². The lowest BCUT2D eigenvalue weighted by atomic mass is 9.73. The average Bonchev–Trinajstić information content (AvgIpc) is 2.43. The van der Waals surface area contributed by atoms with Crippen LogP contribution in [0.25, 0.3) is 0 Å². The Kier molecular flexibility index (Phi) is 2.97. The molecule has 2 rings (SSSR count). The molecule has 0 saturated carbocycles. The molecule has 4 heteroatoms. The highest BCUT2D eigenvalue weighted by Crippen LogP contribution is 2.49. The number of fused-ring (bicyclic) bond motifs is 2. The van der Waals surface area contributed by atoms with Crippen molar-refractivity contribution in [3.63, 3.8) is 0 Å².